The smallest absolute Gasteiger partial charge is 0.335 e. The van der Waals surface area contributed by atoms with Crippen LogP contribution in [0.5, 0.6) is 5.75 Å². The fourth-order valence-corrected chi connectivity index (χ4v) is 5.35. The minimum Gasteiger partial charge on any atom is -0.494 e. The third kappa shape index (κ3) is 34.5. The molecule has 12 heteroatoms. The van der Waals surface area contributed by atoms with E-state index in [-0.39, 0.29) is 23.6 Å². The van der Waals surface area contributed by atoms with Gasteiger partial charge in [-0.25, -0.2) is 4.79 Å². The minimum atomic E-state index is -1.06. The standard InChI is InChI=1S/C18H34N4O.C18H26O4.C4H6O3/c1-17(23)15-13-11-9-7-5-3-2-4-6-8-10-12-14-16-18-19-21-22-20-18;1-15(19)9-7-5-3-2-4-6-8-14-22-17-12-10-16(11-13-17)18(20)21;1-3(5)2-4(6)7/h2-16H2,1H3,(H,19,20,21,22);10-13H,2-9,14H2,1H3,(H,20,21);2H2,1H3,(H,6,7). The van der Waals surface area contributed by atoms with Crippen molar-refractivity contribution in [1.82, 2.24) is 20.6 Å². The van der Waals surface area contributed by atoms with Gasteiger partial charge in [-0.2, -0.15) is 5.21 Å². The Labute approximate surface area is 311 Å². The Morgan fingerprint density at radius 2 is 1.00 bits per heavy atom. The molecule has 0 spiro atoms. The van der Waals surface area contributed by atoms with Crippen molar-refractivity contribution in [1.29, 1.82) is 0 Å². The lowest BCUT2D eigenvalue weighted by Crippen LogP contribution is -2.00. The van der Waals surface area contributed by atoms with Crippen molar-refractivity contribution < 1.29 is 38.9 Å². The molecule has 12 nitrogen and oxygen atoms in total. The predicted molar refractivity (Wildman–Crippen MR) is 203 cm³/mol. The first kappa shape index (κ1) is 48.0. The summed E-state index contributed by atoms with van der Waals surface area (Å²) in [6.45, 7) is 5.24. The molecule has 1 heterocycles. The number of ether oxygens (including phenoxy) is 1. The average molecular weight is 731 g/mol. The van der Waals surface area contributed by atoms with E-state index in [4.69, 9.17) is 14.9 Å². The number of hydrogen-bond acceptors (Lipinski definition) is 9. The van der Waals surface area contributed by atoms with Gasteiger partial charge in [0.25, 0.3) is 0 Å². The van der Waals surface area contributed by atoms with Crippen LogP contribution in [0.3, 0.4) is 0 Å². The summed E-state index contributed by atoms with van der Waals surface area (Å²) in [6.07, 6.45) is 27.0. The number of Topliss-reactive ketones (excluding diaryl/α,β-unsaturated/α-hetero) is 3. The number of carboxylic acids is 2. The highest BCUT2D eigenvalue weighted by atomic mass is 16.5. The molecule has 52 heavy (non-hydrogen) atoms. The molecule has 0 aliphatic carbocycles. The highest BCUT2D eigenvalue weighted by molar-refractivity contribution is 5.93. The molecule has 294 valence electrons. The lowest BCUT2D eigenvalue weighted by molar-refractivity contribution is -0.139. The normalized spacial score (nSPS) is 10.4. The number of benzene rings is 1. The topological polar surface area (TPSA) is 189 Å². The summed E-state index contributed by atoms with van der Waals surface area (Å²) >= 11 is 0. The fraction of sp³-hybridized carbons (Fsp3) is 0.700. The summed E-state index contributed by atoms with van der Waals surface area (Å²) in [5.41, 5.74) is 0.275. The molecular formula is C40H66N4O8. The zero-order valence-corrected chi connectivity index (χ0v) is 32.2. The van der Waals surface area contributed by atoms with E-state index in [1.165, 1.54) is 103 Å². The molecule has 0 saturated carbocycles. The Hall–Kier alpha value is -3.96. The van der Waals surface area contributed by atoms with Crippen molar-refractivity contribution in [3.05, 3.63) is 35.7 Å². The molecule has 0 fully saturated rings. The first-order valence-electron chi connectivity index (χ1n) is 19.4. The molecule has 2 rings (SSSR count). The number of rotatable bonds is 30. The molecule has 0 amide bonds. The fourth-order valence-electron chi connectivity index (χ4n) is 5.35. The molecule has 0 unspecified atom stereocenters. The van der Waals surface area contributed by atoms with Gasteiger partial charge in [0.05, 0.1) is 12.2 Å². The number of H-pyrrole nitrogens is 1. The number of carboxylic acid groups (broad SMARTS) is 2. The van der Waals surface area contributed by atoms with Gasteiger partial charge < -0.3 is 24.5 Å². The quantitative estimate of drug-likeness (QED) is 0.0513. The number of carbonyl (C=O) groups excluding carboxylic acids is 3. The summed E-state index contributed by atoms with van der Waals surface area (Å²) in [5.74, 6) is -0.122. The van der Waals surface area contributed by atoms with E-state index in [0.29, 0.717) is 24.6 Å². The van der Waals surface area contributed by atoms with Gasteiger partial charge in [-0.3, -0.25) is 9.59 Å². The van der Waals surface area contributed by atoms with Gasteiger partial charge in [-0.1, -0.05) is 108 Å². The van der Waals surface area contributed by atoms with Gasteiger partial charge in [0.15, 0.2) is 5.82 Å². The van der Waals surface area contributed by atoms with E-state index < -0.39 is 11.9 Å². The number of tetrazole rings is 1. The van der Waals surface area contributed by atoms with Crippen LogP contribution >= 0.6 is 0 Å². The number of hydrogen-bond donors (Lipinski definition) is 3. The molecule has 0 saturated heterocycles. The second kappa shape index (κ2) is 34.1. The first-order chi connectivity index (χ1) is 25.0. The van der Waals surface area contributed by atoms with Crippen molar-refractivity contribution in [2.75, 3.05) is 6.61 Å². The second-order valence-corrected chi connectivity index (χ2v) is 13.5. The van der Waals surface area contributed by atoms with Crippen molar-refractivity contribution in [3.63, 3.8) is 0 Å². The second-order valence-electron chi connectivity index (χ2n) is 13.5. The van der Waals surface area contributed by atoms with E-state index in [2.05, 4.69) is 20.6 Å². The predicted octanol–water partition coefficient (Wildman–Crippen LogP) is 9.32. The minimum absolute atomic E-state index is 0.275. The van der Waals surface area contributed by atoms with Gasteiger partial charge >= 0.3 is 11.9 Å². The number of unbranched alkanes of at least 4 members (excludes halogenated alkanes) is 18. The van der Waals surface area contributed by atoms with Crippen LogP contribution in [0.25, 0.3) is 0 Å². The zero-order chi connectivity index (χ0) is 38.7. The maximum atomic E-state index is 10.8. The number of aliphatic carboxylic acids is 1. The van der Waals surface area contributed by atoms with E-state index in [1.54, 1.807) is 38.1 Å². The van der Waals surface area contributed by atoms with Crippen LogP contribution in [0.15, 0.2) is 24.3 Å². The molecule has 0 aliphatic heterocycles. The molecule has 1 aromatic heterocycles. The summed E-state index contributed by atoms with van der Waals surface area (Å²) in [5, 5.41) is 30.6. The zero-order valence-electron chi connectivity index (χ0n) is 32.2. The Balaban J connectivity index is 0.000000846. The van der Waals surface area contributed by atoms with E-state index in [1.807, 2.05) is 0 Å². The highest BCUT2D eigenvalue weighted by Crippen LogP contribution is 2.15. The first-order valence-corrected chi connectivity index (χ1v) is 19.4. The molecule has 0 bridgehead atoms. The van der Waals surface area contributed by atoms with Crippen molar-refractivity contribution in [2.24, 2.45) is 0 Å². The number of aromatic carboxylic acids is 1. The lowest BCUT2D eigenvalue weighted by Gasteiger charge is -2.06. The van der Waals surface area contributed by atoms with Crippen LogP contribution in [-0.4, -0.2) is 66.7 Å². The van der Waals surface area contributed by atoms with Gasteiger partial charge in [-0.15, -0.1) is 10.2 Å². The number of aromatic nitrogens is 4. The summed E-state index contributed by atoms with van der Waals surface area (Å²) in [6, 6.07) is 6.49. The van der Waals surface area contributed by atoms with Crippen LogP contribution in [0, 0.1) is 0 Å². The number of ketones is 3. The number of nitrogens with one attached hydrogen (secondary N) is 1. The van der Waals surface area contributed by atoms with E-state index in [0.717, 1.165) is 50.8 Å². The van der Waals surface area contributed by atoms with Crippen molar-refractivity contribution >= 4 is 29.3 Å². The van der Waals surface area contributed by atoms with E-state index in [9.17, 15) is 24.0 Å². The van der Waals surface area contributed by atoms with E-state index >= 15 is 0 Å². The Morgan fingerprint density at radius 1 is 0.577 bits per heavy atom. The molecule has 3 N–H and O–H groups in total. The molecule has 0 atom stereocenters. The molecule has 0 radical (unpaired) electrons. The summed E-state index contributed by atoms with van der Waals surface area (Å²) in [7, 11) is 0. The van der Waals surface area contributed by atoms with Crippen LogP contribution in [0.4, 0.5) is 0 Å². The monoisotopic (exact) mass is 730 g/mol. The number of aryl methyl sites for hydroxylation is 1. The van der Waals surface area contributed by atoms with Crippen molar-refractivity contribution in [3.8, 4) is 5.75 Å². The van der Waals surface area contributed by atoms with Gasteiger partial charge in [0.1, 0.15) is 29.5 Å². The van der Waals surface area contributed by atoms with Crippen LogP contribution in [0.2, 0.25) is 0 Å². The maximum absolute atomic E-state index is 10.8. The number of aromatic amines is 1. The molecular weight excluding hydrogens is 664 g/mol. The summed E-state index contributed by atoms with van der Waals surface area (Å²) < 4.78 is 5.58. The Kier molecular flexibility index (Phi) is 31.5. The third-order valence-electron chi connectivity index (χ3n) is 8.26. The van der Waals surface area contributed by atoms with Crippen LogP contribution < -0.4 is 4.74 Å². The van der Waals surface area contributed by atoms with Gasteiger partial charge in [-0.05, 0) is 70.7 Å². The average Bonchev–Trinajstić information content (AvgIpc) is 3.61. The molecule has 2 aromatic rings. The summed E-state index contributed by atoms with van der Waals surface area (Å²) in [4.78, 5) is 51.8. The Bertz CT molecular complexity index is 1190. The van der Waals surface area contributed by atoms with Gasteiger partial charge in [0.2, 0.25) is 0 Å². The molecule has 0 aliphatic rings. The van der Waals surface area contributed by atoms with Gasteiger partial charge in [0, 0.05) is 19.3 Å². The largest absolute Gasteiger partial charge is 0.494 e. The lowest BCUT2D eigenvalue weighted by atomic mass is 10.0. The maximum Gasteiger partial charge on any atom is 0.335 e. The number of nitrogens with zero attached hydrogens (tertiary/aromatic N) is 3. The van der Waals surface area contributed by atoms with Crippen molar-refractivity contribution in [2.45, 2.75) is 175 Å². The third-order valence-corrected chi connectivity index (χ3v) is 8.26. The highest BCUT2D eigenvalue weighted by Gasteiger charge is 2.03. The Morgan fingerprint density at radius 3 is 1.35 bits per heavy atom. The van der Waals surface area contributed by atoms with Crippen LogP contribution in [-0.2, 0) is 25.6 Å². The SMILES string of the molecule is CC(=O)CC(=O)O.CC(=O)CCCCCCCCCCCCCCCc1nn[nH]n1.CC(=O)CCCCCCCCCOc1ccc(C(=O)O)cc1. The molecule has 1 aromatic carbocycles. The number of carbonyl (C=O) groups is 5. The van der Waals surface area contributed by atoms with Crippen LogP contribution in [0.1, 0.15) is 185 Å².